The molecule has 0 aliphatic heterocycles. The van der Waals surface area contributed by atoms with Gasteiger partial charge in [0.1, 0.15) is 19.3 Å². The molecule has 96 valence electrons. The summed E-state index contributed by atoms with van der Waals surface area (Å²) in [6.45, 7) is -0.359. The molecule has 0 rings (SSSR count). The molecule has 9 nitrogen and oxygen atoms in total. The Balaban J connectivity index is -0.000000160. The third kappa shape index (κ3) is 39.6. The number of aliphatic hydroxyl groups excluding tert-OH is 3. The van der Waals surface area contributed by atoms with E-state index in [-0.39, 0.29) is 0 Å². The fourth-order valence-electron chi connectivity index (χ4n) is 0. The molecule has 0 aromatic rings. The summed E-state index contributed by atoms with van der Waals surface area (Å²) in [4.78, 5) is 27.7. The fourth-order valence-corrected chi connectivity index (χ4v) is 0. The minimum Gasteiger partial charge on any atom is -0.480 e. The zero-order valence-corrected chi connectivity index (χ0v) is 8.40. The van der Waals surface area contributed by atoms with Gasteiger partial charge in [0.15, 0.2) is 0 Å². The minimum absolute atomic E-state index is 0.778. The lowest BCUT2D eigenvalue weighted by atomic mass is 10.4. The number of hydrogen-bond acceptors (Lipinski definition) is 6. The Bertz CT molecular complexity index is 196. The van der Waals surface area contributed by atoms with Crippen molar-refractivity contribution in [1.82, 2.24) is 0 Å². The molecule has 1 unspecified atom stereocenters. The molecule has 1 atom stereocenters. The number of carboxylic acids is 3. The Kier molecular flexibility index (Phi) is 16.4. The number of hydrogen-bond donors (Lipinski definition) is 6. The van der Waals surface area contributed by atoms with Crippen LogP contribution in [0.15, 0.2) is 0 Å². The first-order chi connectivity index (χ1) is 7.18. The zero-order valence-electron chi connectivity index (χ0n) is 8.40. The highest BCUT2D eigenvalue weighted by molar-refractivity contribution is 5.71. The molecule has 0 spiro atoms. The van der Waals surface area contributed by atoms with Gasteiger partial charge in [0.2, 0.25) is 0 Å². The van der Waals surface area contributed by atoms with Gasteiger partial charge in [-0.1, -0.05) is 0 Å². The maximum Gasteiger partial charge on any atom is 0.332 e. The van der Waals surface area contributed by atoms with E-state index in [1.54, 1.807) is 0 Å². The normalized spacial score (nSPS) is 9.75. The van der Waals surface area contributed by atoms with Gasteiger partial charge in [-0.3, -0.25) is 0 Å². The molecule has 16 heavy (non-hydrogen) atoms. The van der Waals surface area contributed by atoms with E-state index in [0.29, 0.717) is 0 Å². The van der Waals surface area contributed by atoms with Gasteiger partial charge < -0.3 is 30.6 Å². The largest absolute Gasteiger partial charge is 0.480 e. The summed E-state index contributed by atoms with van der Waals surface area (Å²) in [6, 6.07) is 0. The number of aliphatic carboxylic acids is 3. The summed E-state index contributed by atoms with van der Waals surface area (Å²) in [5, 5.41) is 45.8. The Morgan fingerprint density at radius 1 is 0.938 bits per heavy atom. The van der Waals surface area contributed by atoms with Crippen molar-refractivity contribution in [3.63, 3.8) is 0 Å². The average molecular weight is 242 g/mol. The SMILES string of the molecule is CC(O)C(=O)O.O=C(O)CO.O=C(O)CO. The van der Waals surface area contributed by atoms with Crippen LogP contribution in [0.25, 0.3) is 0 Å². The van der Waals surface area contributed by atoms with Crippen LogP contribution in [0.1, 0.15) is 6.92 Å². The second-order valence-electron chi connectivity index (χ2n) is 2.12. The maximum atomic E-state index is 9.45. The van der Waals surface area contributed by atoms with E-state index >= 15 is 0 Å². The van der Waals surface area contributed by atoms with Crippen LogP contribution in [0.5, 0.6) is 0 Å². The standard InChI is InChI=1S/C3H6O3.2C2H4O3/c1-2(4)3(5)6;2*3-1-2(4)5/h2,4H,1H3,(H,5,6);2*3H,1H2,(H,4,5). The summed E-state index contributed by atoms with van der Waals surface area (Å²) in [5.74, 6) is -3.56. The van der Waals surface area contributed by atoms with E-state index in [9.17, 15) is 4.79 Å². The smallest absolute Gasteiger partial charge is 0.332 e. The van der Waals surface area contributed by atoms with E-state index in [4.69, 9.17) is 40.2 Å². The van der Waals surface area contributed by atoms with Gasteiger partial charge in [-0.2, -0.15) is 0 Å². The Morgan fingerprint density at radius 2 is 1.06 bits per heavy atom. The van der Waals surface area contributed by atoms with Gasteiger partial charge >= 0.3 is 17.9 Å². The Morgan fingerprint density at radius 3 is 1.06 bits per heavy atom. The molecule has 0 bridgehead atoms. The molecular weight excluding hydrogens is 228 g/mol. The van der Waals surface area contributed by atoms with Gasteiger partial charge in [-0.05, 0) is 6.92 Å². The van der Waals surface area contributed by atoms with Crippen molar-refractivity contribution in [3.8, 4) is 0 Å². The van der Waals surface area contributed by atoms with Crippen LogP contribution in [0.3, 0.4) is 0 Å². The van der Waals surface area contributed by atoms with Gasteiger partial charge in [-0.15, -0.1) is 0 Å². The predicted molar refractivity (Wildman–Crippen MR) is 48.8 cm³/mol. The van der Waals surface area contributed by atoms with Crippen molar-refractivity contribution < 1.29 is 45.0 Å². The number of aliphatic hydroxyl groups is 3. The van der Waals surface area contributed by atoms with Gasteiger partial charge in [-0.25, -0.2) is 14.4 Å². The lowest BCUT2D eigenvalue weighted by Crippen LogP contribution is -2.13. The van der Waals surface area contributed by atoms with Crippen molar-refractivity contribution in [1.29, 1.82) is 0 Å². The minimum atomic E-state index is -1.23. The van der Waals surface area contributed by atoms with Gasteiger partial charge in [0, 0.05) is 0 Å². The lowest BCUT2D eigenvalue weighted by Gasteiger charge is -1.89. The van der Waals surface area contributed by atoms with Crippen LogP contribution in [-0.2, 0) is 14.4 Å². The van der Waals surface area contributed by atoms with Crippen LogP contribution in [0.2, 0.25) is 0 Å². The average Bonchev–Trinajstić information content (AvgIpc) is 2.19. The first-order valence-corrected chi connectivity index (χ1v) is 3.75. The first kappa shape index (κ1) is 19.8. The lowest BCUT2D eigenvalue weighted by molar-refractivity contribution is -0.145. The van der Waals surface area contributed by atoms with E-state index < -0.39 is 37.2 Å². The Hall–Kier alpha value is -1.71. The molecule has 0 aliphatic rings. The summed E-state index contributed by atoms with van der Waals surface area (Å²) >= 11 is 0. The Labute approximate surface area is 90.2 Å². The van der Waals surface area contributed by atoms with Gasteiger partial charge in [0.25, 0.3) is 0 Å². The highest BCUT2D eigenvalue weighted by atomic mass is 16.4. The molecular formula is C7H14O9. The van der Waals surface area contributed by atoms with E-state index in [2.05, 4.69) is 0 Å². The molecule has 0 heterocycles. The molecule has 9 heteroatoms. The second kappa shape index (κ2) is 13.3. The highest BCUT2D eigenvalue weighted by Crippen LogP contribution is 1.73. The number of rotatable bonds is 3. The summed E-state index contributed by atoms with van der Waals surface area (Å²) in [5.41, 5.74) is 0. The third-order valence-electron chi connectivity index (χ3n) is 0.628. The molecule has 0 saturated carbocycles. The fraction of sp³-hybridized carbons (Fsp3) is 0.571. The summed E-state index contributed by atoms with van der Waals surface area (Å²) < 4.78 is 0. The maximum absolute atomic E-state index is 9.45. The van der Waals surface area contributed by atoms with Crippen molar-refractivity contribution in [2.45, 2.75) is 13.0 Å². The summed E-state index contributed by atoms with van der Waals surface area (Å²) in [6.07, 6.45) is -1.23. The second-order valence-corrected chi connectivity index (χ2v) is 2.12. The molecule has 6 N–H and O–H groups in total. The van der Waals surface area contributed by atoms with Gasteiger partial charge in [0.05, 0.1) is 0 Å². The molecule has 0 aliphatic carbocycles. The number of carboxylic acid groups (broad SMARTS) is 3. The van der Waals surface area contributed by atoms with E-state index in [0.717, 1.165) is 0 Å². The molecule has 0 fully saturated rings. The van der Waals surface area contributed by atoms with E-state index in [1.165, 1.54) is 6.92 Å². The number of carbonyl (C=O) groups is 3. The third-order valence-corrected chi connectivity index (χ3v) is 0.628. The van der Waals surface area contributed by atoms with Crippen LogP contribution in [-0.4, -0.2) is 67.9 Å². The summed E-state index contributed by atoms with van der Waals surface area (Å²) in [7, 11) is 0. The predicted octanol–water partition coefficient (Wildman–Crippen LogP) is -2.42. The molecule has 0 amide bonds. The quantitative estimate of drug-likeness (QED) is 0.314. The van der Waals surface area contributed by atoms with Crippen LogP contribution in [0.4, 0.5) is 0 Å². The topological polar surface area (TPSA) is 173 Å². The van der Waals surface area contributed by atoms with Crippen molar-refractivity contribution in [2.75, 3.05) is 13.2 Å². The van der Waals surface area contributed by atoms with Crippen molar-refractivity contribution in [3.05, 3.63) is 0 Å². The molecule has 0 radical (unpaired) electrons. The molecule has 0 aromatic heterocycles. The van der Waals surface area contributed by atoms with Crippen LogP contribution in [0, 0.1) is 0 Å². The molecule has 0 saturated heterocycles. The molecule has 0 aromatic carbocycles. The highest BCUT2D eigenvalue weighted by Gasteiger charge is 2.01. The zero-order chi connectivity index (χ0) is 13.7. The van der Waals surface area contributed by atoms with Crippen LogP contribution >= 0.6 is 0 Å². The van der Waals surface area contributed by atoms with Crippen molar-refractivity contribution >= 4 is 17.9 Å². The van der Waals surface area contributed by atoms with Crippen molar-refractivity contribution in [2.24, 2.45) is 0 Å². The first-order valence-electron chi connectivity index (χ1n) is 3.75. The van der Waals surface area contributed by atoms with Crippen LogP contribution < -0.4 is 0 Å². The van der Waals surface area contributed by atoms with E-state index in [1.807, 2.05) is 0 Å². The monoisotopic (exact) mass is 242 g/mol.